The summed E-state index contributed by atoms with van der Waals surface area (Å²) in [7, 11) is 0. The summed E-state index contributed by atoms with van der Waals surface area (Å²) in [5, 5.41) is 2.74. The fourth-order valence-electron chi connectivity index (χ4n) is 2.76. The van der Waals surface area contributed by atoms with Crippen LogP contribution in [0.25, 0.3) is 16.9 Å². The van der Waals surface area contributed by atoms with Gasteiger partial charge in [-0.05, 0) is 31.0 Å². The molecule has 1 heterocycles. The van der Waals surface area contributed by atoms with Crippen LogP contribution in [0.15, 0.2) is 59.9 Å². The van der Waals surface area contributed by atoms with Crippen LogP contribution in [-0.2, 0) is 4.79 Å². The molecule has 0 saturated heterocycles. The highest BCUT2D eigenvalue weighted by Gasteiger charge is 2.17. The standard InChI is InChI=1S/C20H20N4O2S/c1-13-7-6-10-16(14(13)2)24-17(15-8-4-3-5-9-15)11-22-20(24)27-12-18(25)23-19(21)26/h3-11H,12H2,1-2H3,(H3,21,23,25,26). The lowest BCUT2D eigenvalue weighted by molar-refractivity contribution is -0.117. The van der Waals surface area contributed by atoms with E-state index in [9.17, 15) is 9.59 Å². The minimum atomic E-state index is -0.858. The smallest absolute Gasteiger partial charge is 0.318 e. The Kier molecular flexibility index (Phi) is 5.61. The zero-order valence-corrected chi connectivity index (χ0v) is 15.9. The summed E-state index contributed by atoms with van der Waals surface area (Å²) < 4.78 is 2.04. The maximum atomic E-state index is 11.8. The van der Waals surface area contributed by atoms with E-state index in [0.29, 0.717) is 5.16 Å². The monoisotopic (exact) mass is 380 g/mol. The number of nitrogens with two attached hydrogens (primary N) is 1. The van der Waals surface area contributed by atoms with E-state index >= 15 is 0 Å². The first-order valence-electron chi connectivity index (χ1n) is 8.39. The number of hydrogen-bond donors (Lipinski definition) is 2. The van der Waals surface area contributed by atoms with Gasteiger partial charge in [-0.1, -0.05) is 54.2 Å². The molecular formula is C20H20N4O2S. The molecule has 0 aliphatic carbocycles. The minimum Gasteiger partial charge on any atom is -0.351 e. The third-order valence-corrected chi connectivity index (χ3v) is 5.16. The van der Waals surface area contributed by atoms with Crippen molar-refractivity contribution < 1.29 is 9.59 Å². The highest BCUT2D eigenvalue weighted by Crippen LogP contribution is 2.31. The van der Waals surface area contributed by atoms with Crippen molar-refractivity contribution in [3.63, 3.8) is 0 Å². The summed E-state index contributed by atoms with van der Waals surface area (Å²) >= 11 is 1.25. The number of imide groups is 1. The van der Waals surface area contributed by atoms with Gasteiger partial charge < -0.3 is 5.73 Å². The first-order chi connectivity index (χ1) is 13.0. The van der Waals surface area contributed by atoms with Crippen LogP contribution in [0.1, 0.15) is 11.1 Å². The molecule has 6 nitrogen and oxygen atoms in total. The third kappa shape index (κ3) is 4.20. The van der Waals surface area contributed by atoms with E-state index in [4.69, 9.17) is 5.73 Å². The van der Waals surface area contributed by atoms with Gasteiger partial charge in [0.2, 0.25) is 5.91 Å². The van der Waals surface area contributed by atoms with Gasteiger partial charge in [0.25, 0.3) is 0 Å². The number of urea groups is 1. The molecule has 3 amide bonds. The molecule has 0 aliphatic heterocycles. The molecule has 3 aromatic rings. The molecule has 0 radical (unpaired) electrons. The van der Waals surface area contributed by atoms with Crippen molar-refractivity contribution in [1.82, 2.24) is 14.9 Å². The number of primary amides is 1. The second-order valence-corrected chi connectivity index (χ2v) is 6.99. The SMILES string of the molecule is Cc1cccc(-n2c(-c3ccccc3)cnc2SCC(=O)NC(N)=O)c1C. The van der Waals surface area contributed by atoms with Crippen molar-refractivity contribution in [2.75, 3.05) is 5.75 Å². The Bertz CT molecular complexity index is 983. The Morgan fingerprint density at radius 1 is 1.11 bits per heavy atom. The Balaban J connectivity index is 2.04. The van der Waals surface area contributed by atoms with Crippen LogP contribution in [0, 0.1) is 13.8 Å². The molecule has 3 N–H and O–H groups in total. The summed E-state index contributed by atoms with van der Waals surface area (Å²) in [6.45, 7) is 4.12. The highest BCUT2D eigenvalue weighted by atomic mass is 32.2. The molecule has 0 saturated carbocycles. The third-order valence-electron chi connectivity index (χ3n) is 4.21. The summed E-state index contributed by atoms with van der Waals surface area (Å²) in [6, 6.07) is 15.2. The van der Waals surface area contributed by atoms with E-state index in [2.05, 4.69) is 30.2 Å². The van der Waals surface area contributed by atoms with E-state index in [0.717, 1.165) is 22.5 Å². The van der Waals surface area contributed by atoms with Gasteiger partial charge in [-0.25, -0.2) is 9.78 Å². The number of thioether (sulfide) groups is 1. The van der Waals surface area contributed by atoms with Crippen molar-refractivity contribution >= 4 is 23.7 Å². The number of carbonyl (C=O) groups excluding carboxylic acids is 2. The number of aromatic nitrogens is 2. The van der Waals surface area contributed by atoms with Gasteiger partial charge in [-0.15, -0.1) is 0 Å². The maximum absolute atomic E-state index is 11.8. The topological polar surface area (TPSA) is 90.0 Å². The van der Waals surface area contributed by atoms with Crippen molar-refractivity contribution in [2.45, 2.75) is 19.0 Å². The second kappa shape index (κ2) is 8.09. The van der Waals surface area contributed by atoms with E-state index in [1.54, 1.807) is 6.20 Å². The quantitative estimate of drug-likeness (QED) is 0.664. The van der Waals surface area contributed by atoms with Crippen LogP contribution in [0.4, 0.5) is 4.79 Å². The normalized spacial score (nSPS) is 10.6. The predicted molar refractivity (Wildman–Crippen MR) is 107 cm³/mol. The van der Waals surface area contributed by atoms with E-state index in [-0.39, 0.29) is 5.75 Å². The lowest BCUT2D eigenvalue weighted by Gasteiger charge is -2.15. The van der Waals surface area contributed by atoms with Gasteiger partial charge in [0.15, 0.2) is 5.16 Å². The van der Waals surface area contributed by atoms with Gasteiger partial charge in [0.1, 0.15) is 0 Å². The Hall–Kier alpha value is -3.06. The molecule has 2 aromatic carbocycles. The van der Waals surface area contributed by atoms with Gasteiger partial charge in [-0.3, -0.25) is 14.7 Å². The van der Waals surface area contributed by atoms with Crippen molar-refractivity contribution in [3.05, 3.63) is 65.9 Å². The molecule has 138 valence electrons. The van der Waals surface area contributed by atoms with Crippen LogP contribution < -0.4 is 11.1 Å². The number of carbonyl (C=O) groups is 2. The van der Waals surface area contributed by atoms with Gasteiger partial charge >= 0.3 is 6.03 Å². The highest BCUT2D eigenvalue weighted by molar-refractivity contribution is 7.99. The van der Waals surface area contributed by atoms with Gasteiger partial charge in [-0.2, -0.15) is 0 Å². The fraction of sp³-hybridized carbons (Fsp3) is 0.150. The summed E-state index contributed by atoms with van der Waals surface area (Å²) in [5.74, 6) is -0.414. The Morgan fingerprint density at radius 3 is 2.56 bits per heavy atom. The molecule has 0 atom stereocenters. The Morgan fingerprint density at radius 2 is 1.85 bits per heavy atom. The zero-order valence-electron chi connectivity index (χ0n) is 15.1. The number of nitrogens with one attached hydrogen (secondary N) is 1. The molecule has 0 spiro atoms. The summed E-state index contributed by atoms with van der Waals surface area (Å²) in [4.78, 5) is 27.2. The van der Waals surface area contributed by atoms with Crippen LogP contribution >= 0.6 is 11.8 Å². The number of rotatable bonds is 5. The Labute approximate surface area is 161 Å². The van der Waals surface area contributed by atoms with E-state index < -0.39 is 11.9 Å². The van der Waals surface area contributed by atoms with Crippen LogP contribution in [0.2, 0.25) is 0 Å². The first kappa shape index (κ1) is 18.7. The number of nitrogens with zero attached hydrogens (tertiary/aromatic N) is 2. The van der Waals surface area contributed by atoms with E-state index in [1.807, 2.05) is 47.0 Å². The van der Waals surface area contributed by atoms with Crippen molar-refractivity contribution in [1.29, 1.82) is 0 Å². The van der Waals surface area contributed by atoms with Gasteiger partial charge in [0, 0.05) is 5.56 Å². The summed E-state index contributed by atoms with van der Waals surface area (Å²) in [6.07, 6.45) is 1.80. The minimum absolute atomic E-state index is 0.0407. The van der Waals surface area contributed by atoms with Crippen LogP contribution in [0.3, 0.4) is 0 Å². The molecule has 0 aliphatic rings. The molecule has 0 bridgehead atoms. The van der Waals surface area contributed by atoms with Crippen LogP contribution in [0.5, 0.6) is 0 Å². The number of imidazole rings is 1. The predicted octanol–water partition coefficient (Wildman–Crippen LogP) is 3.44. The molecule has 3 rings (SSSR count). The molecule has 7 heteroatoms. The second-order valence-electron chi connectivity index (χ2n) is 6.05. The molecule has 0 unspecified atom stereocenters. The zero-order chi connectivity index (χ0) is 19.4. The first-order valence-corrected chi connectivity index (χ1v) is 9.37. The fourth-order valence-corrected chi connectivity index (χ4v) is 3.55. The number of aryl methyl sites for hydroxylation is 1. The average molecular weight is 380 g/mol. The lowest BCUT2D eigenvalue weighted by Crippen LogP contribution is -2.36. The molecule has 1 aromatic heterocycles. The molecular weight excluding hydrogens is 360 g/mol. The van der Waals surface area contributed by atoms with Crippen molar-refractivity contribution in [2.24, 2.45) is 5.73 Å². The molecule has 0 fully saturated rings. The van der Waals surface area contributed by atoms with Crippen LogP contribution in [-0.4, -0.2) is 27.2 Å². The number of hydrogen-bond acceptors (Lipinski definition) is 4. The van der Waals surface area contributed by atoms with Crippen molar-refractivity contribution in [3.8, 4) is 16.9 Å². The number of benzene rings is 2. The maximum Gasteiger partial charge on any atom is 0.318 e. The molecule has 27 heavy (non-hydrogen) atoms. The average Bonchev–Trinajstić information content (AvgIpc) is 3.06. The van der Waals surface area contributed by atoms with Gasteiger partial charge in [0.05, 0.1) is 23.3 Å². The summed E-state index contributed by atoms with van der Waals surface area (Å²) in [5.41, 5.74) is 10.3. The lowest BCUT2D eigenvalue weighted by atomic mass is 10.1. The largest absolute Gasteiger partial charge is 0.351 e. The van der Waals surface area contributed by atoms with E-state index in [1.165, 1.54) is 17.3 Å². The number of amides is 3.